The third-order valence-electron chi connectivity index (χ3n) is 3.94. The van der Waals surface area contributed by atoms with Crippen molar-refractivity contribution in [3.8, 4) is 0 Å². The maximum Gasteiger partial charge on any atom is 0.241 e. The Bertz CT molecular complexity index is 502. The molecule has 4 nitrogen and oxygen atoms in total. The van der Waals surface area contributed by atoms with E-state index in [9.17, 15) is 4.79 Å². The minimum absolute atomic E-state index is 0.0213. The topological polar surface area (TPSA) is 58.4 Å². The van der Waals surface area contributed by atoms with E-state index in [-0.39, 0.29) is 11.9 Å². The van der Waals surface area contributed by atoms with E-state index >= 15 is 0 Å². The minimum Gasteiger partial charge on any atom is -0.397 e. The van der Waals surface area contributed by atoms with Crippen molar-refractivity contribution < 1.29 is 4.79 Å². The Balaban J connectivity index is 2.02. The number of rotatable bonds is 7. The van der Waals surface area contributed by atoms with E-state index in [0.29, 0.717) is 22.4 Å². The molecule has 1 unspecified atom stereocenters. The normalized spacial score (nSPS) is 16.0. The van der Waals surface area contributed by atoms with Crippen molar-refractivity contribution in [3.63, 3.8) is 0 Å². The molecule has 2 rings (SSSR count). The first-order valence-corrected chi connectivity index (χ1v) is 8.02. The summed E-state index contributed by atoms with van der Waals surface area (Å²) in [5.41, 5.74) is 7.00. The van der Waals surface area contributed by atoms with Crippen molar-refractivity contribution in [2.24, 2.45) is 0 Å². The van der Waals surface area contributed by atoms with Crippen LogP contribution < -0.4 is 11.1 Å². The lowest BCUT2D eigenvalue weighted by Crippen LogP contribution is -2.44. The number of hydrogen-bond acceptors (Lipinski definition) is 3. The molecular formula is C16H24ClN3O. The summed E-state index contributed by atoms with van der Waals surface area (Å²) in [4.78, 5) is 14.8. The number of carbonyl (C=O) groups is 1. The predicted octanol–water partition coefficient (Wildman–Crippen LogP) is 3.51. The standard InChI is InChI=1S/C16H24ClN3O/c1-3-4-9-20(13-6-7-13)11(2)16(21)19-15-10-12(17)5-8-14(15)18/h5,8,10-11,13H,3-4,6-7,9,18H2,1-2H3,(H,19,21). The fraction of sp³-hybridized carbons (Fsp3) is 0.562. The van der Waals surface area contributed by atoms with Crippen LogP contribution in [0.4, 0.5) is 11.4 Å². The highest BCUT2D eigenvalue weighted by Crippen LogP contribution is 2.30. The number of nitrogens with zero attached hydrogens (tertiary/aromatic N) is 1. The Morgan fingerprint density at radius 1 is 1.52 bits per heavy atom. The monoisotopic (exact) mass is 309 g/mol. The summed E-state index contributed by atoms with van der Waals surface area (Å²) in [6, 6.07) is 5.53. The lowest BCUT2D eigenvalue weighted by atomic mass is 10.2. The molecule has 1 aromatic carbocycles. The van der Waals surface area contributed by atoms with Crippen molar-refractivity contribution >= 4 is 28.9 Å². The summed E-state index contributed by atoms with van der Waals surface area (Å²) in [6.45, 7) is 5.10. The highest BCUT2D eigenvalue weighted by atomic mass is 35.5. The third kappa shape index (κ3) is 4.35. The van der Waals surface area contributed by atoms with Crippen LogP contribution in [0.1, 0.15) is 39.5 Å². The van der Waals surface area contributed by atoms with E-state index in [2.05, 4.69) is 17.1 Å². The summed E-state index contributed by atoms with van der Waals surface area (Å²) < 4.78 is 0. The number of carbonyl (C=O) groups excluding carboxylic acids is 1. The number of benzene rings is 1. The fourth-order valence-electron chi connectivity index (χ4n) is 2.46. The molecule has 0 aliphatic heterocycles. The second kappa shape index (κ2) is 7.14. The SMILES string of the molecule is CCCCN(C1CC1)C(C)C(=O)Nc1cc(Cl)ccc1N. The molecule has 1 aliphatic rings. The first kappa shape index (κ1) is 16.1. The van der Waals surface area contributed by atoms with Gasteiger partial charge in [0.1, 0.15) is 0 Å². The molecule has 1 aromatic rings. The van der Waals surface area contributed by atoms with E-state index in [1.165, 1.54) is 12.8 Å². The zero-order valence-corrected chi connectivity index (χ0v) is 13.5. The molecule has 1 fully saturated rings. The Morgan fingerprint density at radius 2 is 2.24 bits per heavy atom. The van der Waals surface area contributed by atoms with Gasteiger partial charge in [-0.1, -0.05) is 24.9 Å². The molecule has 0 bridgehead atoms. The Labute approximate surface area is 131 Å². The van der Waals surface area contributed by atoms with Crippen LogP contribution in [0.3, 0.4) is 0 Å². The van der Waals surface area contributed by atoms with Crippen LogP contribution in [-0.4, -0.2) is 29.4 Å². The van der Waals surface area contributed by atoms with Gasteiger partial charge < -0.3 is 11.1 Å². The number of amides is 1. The molecule has 5 heteroatoms. The van der Waals surface area contributed by atoms with Gasteiger partial charge in [-0.2, -0.15) is 0 Å². The summed E-state index contributed by atoms with van der Waals surface area (Å²) >= 11 is 5.95. The Hall–Kier alpha value is -1.26. The minimum atomic E-state index is -0.151. The lowest BCUT2D eigenvalue weighted by molar-refractivity contribution is -0.121. The first-order chi connectivity index (χ1) is 10.0. The second-order valence-corrected chi connectivity index (χ2v) is 6.16. The van der Waals surface area contributed by atoms with Crippen molar-refractivity contribution in [1.82, 2.24) is 4.90 Å². The van der Waals surface area contributed by atoms with Gasteiger partial charge in [-0.3, -0.25) is 9.69 Å². The van der Waals surface area contributed by atoms with Crippen LogP contribution in [0.5, 0.6) is 0 Å². The van der Waals surface area contributed by atoms with Gasteiger partial charge in [0.25, 0.3) is 0 Å². The fourth-order valence-corrected chi connectivity index (χ4v) is 2.64. The number of nitrogens with two attached hydrogens (primary N) is 1. The van der Waals surface area contributed by atoms with Gasteiger partial charge in [0.15, 0.2) is 0 Å². The average molecular weight is 310 g/mol. The van der Waals surface area contributed by atoms with Gasteiger partial charge in [-0.05, 0) is 50.9 Å². The summed E-state index contributed by atoms with van der Waals surface area (Å²) in [7, 11) is 0. The molecule has 3 N–H and O–H groups in total. The molecular weight excluding hydrogens is 286 g/mol. The number of nitrogens with one attached hydrogen (secondary N) is 1. The average Bonchev–Trinajstić information content (AvgIpc) is 3.27. The third-order valence-corrected chi connectivity index (χ3v) is 4.17. The predicted molar refractivity (Wildman–Crippen MR) is 88.6 cm³/mol. The van der Waals surface area contributed by atoms with Gasteiger partial charge >= 0.3 is 0 Å². The molecule has 1 saturated carbocycles. The largest absolute Gasteiger partial charge is 0.397 e. The van der Waals surface area contributed by atoms with Crippen LogP contribution in [0.2, 0.25) is 5.02 Å². The van der Waals surface area contributed by atoms with E-state index in [4.69, 9.17) is 17.3 Å². The van der Waals surface area contributed by atoms with Gasteiger partial charge in [-0.25, -0.2) is 0 Å². The number of halogens is 1. The first-order valence-electron chi connectivity index (χ1n) is 7.64. The molecule has 1 aliphatic carbocycles. The Morgan fingerprint density at radius 3 is 2.86 bits per heavy atom. The van der Waals surface area contributed by atoms with Crippen molar-refractivity contribution in [1.29, 1.82) is 0 Å². The molecule has 0 aromatic heterocycles. The molecule has 116 valence electrons. The van der Waals surface area contributed by atoms with Gasteiger partial charge in [-0.15, -0.1) is 0 Å². The summed E-state index contributed by atoms with van der Waals surface area (Å²) in [5, 5.41) is 3.47. The van der Waals surface area contributed by atoms with Crippen LogP contribution in [-0.2, 0) is 4.79 Å². The molecule has 0 spiro atoms. The molecule has 0 saturated heterocycles. The van der Waals surface area contributed by atoms with Crippen molar-refractivity contribution in [3.05, 3.63) is 23.2 Å². The van der Waals surface area contributed by atoms with E-state index in [1.54, 1.807) is 18.2 Å². The number of nitrogen functional groups attached to an aromatic ring is 1. The highest BCUT2D eigenvalue weighted by molar-refractivity contribution is 6.31. The number of anilines is 2. The summed E-state index contributed by atoms with van der Waals surface area (Å²) in [6.07, 6.45) is 4.65. The second-order valence-electron chi connectivity index (χ2n) is 5.72. The molecule has 0 heterocycles. The van der Waals surface area contributed by atoms with E-state index in [0.717, 1.165) is 19.4 Å². The maximum atomic E-state index is 12.5. The molecule has 21 heavy (non-hydrogen) atoms. The summed E-state index contributed by atoms with van der Waals surface area (Å²) in [5.74, 6) is -0.0213. The quantitative estimate of drug-likeness (QED) is 0.758. The van der Waals surface area contributed by atoms with E-state index in [1.807, 2.05) is 6.92 Å². The Kier molecular flexibility index (Phi) is 5.48. The van der Waals surface area contributed by atoms with Crippen molar-refractivity contribution in [2.75, 3.05) is 17.6 Å². The van der Waals surface area contributed by atoms with Gasteiger partial charge in [0, 0.05) is 11.1 Å². The molecule has 1 amide bonds. The maximum absolute atomic E-state index is 12.5. The number of hydrogen-bond donors (Lipinski definition) is 2. The lowest BCUT2D eigenvalue weighted by Gasteiger charge is -2.28. The van der Waals surface area contributed by atoms with Crippen LogP contribution >= 0.6 is 11.6 Å². The zero-order valence-electron chi connectivity index (χ0n) is 12.7. The smallest absolute Gasteiger partial charge is 0.241 e. The number of unbranched alkanes of at least 4 members (excludes halogenated alkanes) is 1. The molecule has 1 atom stereocenters. The van der Waals surface area contributed by atoms with Crippen molar-refractivity contribution in [2.45, 2.75) is 51.6 Å². The van der Waals surface area contributed by atoms with Crippen LogP contribution in [0.25, 0.3) is 0 Å². The zero-order chi connectivity index (χ0) is 15.4. The van der Waals surface area contributed by atoms with Crippen LogP contribution in [0.15, 0.2) is 18.2 Å². The van der Waals surface area contributed by atoms with E-state index < -0.39 is 0 Å². The van der Waals surface area contributed by atoms with Crippen LogP contribution in [0, 0.1) is 0 Å². The van der Waals surface area contributed by atoms with Gasteiger partial charge in [0.05, 0.1) is 17.4 Å². The highest BCUT2D eigenvalue weighted by Gasteiger charge is 2.34. The van der Waals surface area contributed by atoms with Gasteiger partial charge in [0.2, 0.25) is 5.91 Å². The molecule has 0 radical (unpaired) electrons.